The number of allylic oxidation sites excluding steroid dienone is 4. The Kier molecular flexibility index (Phi) is 11.4. The molecule has 0 radical (unpaired) electrons. The van der Waals surface area contributed by atoms with Crippen molar-refractivity contribution in [2.75, 3.05) is 0 Å². The van der Waals surface area contributed by atoms with Gasteiger partial charge in [0.05, 0.1) is 0 Å². The van der Waals surface area contributed by atoms with Crippen LogP contribution in [0, 0.1) is 29.6 Å². The summed E-state index contributed by atoms with van der Waals surface area (Å²) < 4.78 is 0. The molecular weight excluding hydrogens is 364 g/mol. The fourth-order valence-electron chi connectivity index (χ4n) is 4.54. The normalized spacial score (nSPS) is 37.3. The van der Waals surface area contributed by atoms with E-state index in [9.17, 15) is 9.59 Å². The number of carbonyl (C=O) groups is 2. The van der Waals surface area contributed by atoms with E-state index in [4.69, 9.17) is 12.6 Å². The molecule has 6 atom stereocenters. The molecule has 0 aromatic carbocycles. The van der Waals surface area contributed by atoms with Crippen LogP contribution in [0.5, 0.6) is 0 Å². The van der Waals surface area contributed by atoms with E-state index in [1.165, 1.54) is 0 Å². The number of carbonyl (C=O) groups excluding carboxylic acids is 2. The molecule has 28 heavy (non-hydrogen) atoms. The highest BCUT2D eigenvalue weighted by Gasteiger charge is 2.25. The van der Waals surface area contributed by atoms with Crippen LogP contribution in [0.2, 0.25) is 0 Å². The molecule has 0 amide bonds. The molecular formula is C25H42O2S. The number of ketones is 2. The van der Waals surface area contributed by atoms with Crippen molar-refractivity contribution in [2.45, 2.75) is 91.7 Å². The van der Waals surface area contributed by atoms with Gasteiger partial charge < -0.3 is 0 Å². The molecule has 0 saturated carbocycles. The Bertz CT molecular complexity index is 563. The van der Waals surface area contributed by atoms with Crippen LogP contribution in [0.4, 0.5) is 0 Å². The highest BCUT2D eigenvalue weighted by molar-refractivity contribution is 7.81. The van der Waals surface area contributed by atoms with Crippen molar-refractivity contribution in [1.29, 1.82) is 0 Å². The summed E-state index contributed by atoms with van der Waals surface area (Å²) in [6.07, 6.45) is 12.3. The summed E-state index contributed by atoms with van der Waals surface area (Å²) in [4.78, 5) is 25.3. The molecule has 0 fully saturated rings. The zero-order valence-corrected chi connectivity index (χ0v) is 19.8. The lowest BCUT2D eigenvalue weighted by Crippen LogP contribution is -2.23. The average molecular weight is 407 g/mol. The van der Waals surface area contributed by atoms with Gasteiger partial charge in [-0.2, -0.15) is 12.6 Å². The van der Waals surface area contributed by atoms with Crippen LogP contribution in [-0.4, -0.2) is 16.8 Å². The maximum Gasteiger partial charge on any atom is 0.158 e. The topological polar surface area (TPSA) is 34.1 Å². The highest BCUT2D eigenvalue weighted by atomic mass is 32.1. The summed E-state index contributed by atoms with van der Waals surface area (Å²) in [6.45, 7) is 12.9. The summed E-state index contributed by atoms with van der Waals surface area (Å²) in [5, 5.41) is 0.107. The molecule has 1 aliphatic carbocycles. The summed E-state index contributed by atoms with van der Waals surface area (Å²) in [5.41, 5.74) is 1.11. The number of thiol groups is 1. The van der Waals surface area contributed by atoms with Crippen LogP contribution in [-0.2, 0) is 9.59 Å². The average Bonchev–Trinajstić information content (AvgIpc) is 2.63. The molecule has 1 rings (SSSR count). The Labute approximate surface area is 179 Å². The first-order valence-electron chi connectivity index (χ1n) is 11.3. The molecule has 0 spiro atoms. The predicted molar refractivity (Wildman–Crippen MR) is 124 cm³/mol. The van der Waals surface area contributed by atoms with Gasteiger partial charge in [0.25, 0.3) is 0 Å². The first kappa shape index (κ1) is 25.2. The maximum atomic E-state index is 12.7. The fraction of sp³-hybridized carbons (Fsp3) is 0.760. The van der Waals surface area contributed by atoms with Crippen molar-refractivity contribution in [3.05, 3.63) is 23.8 Å². The van der Waals surface area contributed by atoms with Gasteiger partial charge in [-0.3, -0.25) is 9.59 Å². The monoisotopic (exact) mass is 406 g/mol. The van der Waals surface area contributed by atoms with E-state index < -0.39 is 0 Å². The van der Waals surface area contributed by atoms with Gasteiger partial charge in [0.2, 0.25) is 0 Å². The Morgan fingerprint density at radius 3 is 2.32 bits per heavy atom. The van der Waals surface area contributed by atoms with Crippen molar-refractivity contribution in [1.82, 2.24) is 0 Å². The van der Waals surface area contributed by atoms with E-state index in [1.54, 1.807) is 6.08 Å². The minimum atomic E-state index is 0.0431. The second-order valence-electron chi connectivity index (χ2n) is 9.19. The summed E-state index contributed by atoms with van der Waals surface area (Å²) in [5.74, 6) is 2.19. The minimum absolute atomic E-state index is 0.0431. The van der Waals surface area contributed by atoms with Gasteiger partial charge in [0.15, 0.2) is 5.78 Å². The molecule has 0 saturated heterocycles. The summed E-state index contributed by atoms with van der Waals surface area (Å²) in [6, 6.07) is 0. The van der Waals surface area contributed by atoms with E-state index in [-0.39, 0.29) is 17.0 Å². The van der Waals surface area contributed by atoms with Gasteiger partial charge in [0.1, 0.15) is 5.78 Å². The lowest BCUT2D eigenvalue weighted by Gasteiger charge is -2.27. The second-order valence-corrected chi connectivity index (χ2v) is 9.86. The van der Waals surface area contributed by atoms with Crippen LogP contribution in [0.3, 0.4) is 0 Å². The molecule has 2 nitrogen and oxygen atoms in total. The molecule has 3 unspecified atom stereocenters. The smallest absolute Gasteiger partial charge is 0.158 e. The van der Waals surface area contributed by atoms with Crippen molar-refractivity contribution in [3.8, 4) is 0 Å². The summed E-state index contributed by atoms with van der Waals surface area (Å²) in [7, 11) is 0. The largest absolute Gasteiger partial charge is 0.300 e. The lowest BCUT2D eigenvalue weighted by atomic mass is 9.81. The van der Waals surface area contributed by atoms with E-state index in [1.807, 2.05) is 13.0 Å². The lowest BCUT2D eigenvalue weighted by molar-refractivity contribution is -0.120. The van der Waals surface area contributed by atoms with E-state index in [0.717, 1.165) is 37.7 Å². The zero-order valence-electron chi connectivity index (χ0n) is 18.9. The van der Waals surface area contributed by atoms with Crippen LogP contribution >= 0.6 is 12.6 Å². The van der Waals surface area contributed by atoms with Crippen LogP contribution in [0.1, 0.15) is 86.5 Å². The molecule has 0 N–H and O–H groups in total. The molecule has 0 aromatic rings. The molecule has 0 bridgehead atoms. The van der Waals surface area contributed by atoms with Gasteiger partial charge in [-0.15, -0.1) is 0 Å². The van der Waals surface area contributed by atoms with E-state index in [0.29, 0.717) is 42.3 Å². The second kappa shape index (κ2) is 12.7. The first-order chi connectivity index (χ1) is 13.2. The molecule has 0 heterocycles. The molecule has 0 aromatic heterocycles. The third-order valence-corrected chi connectivity index (χ3v) is 7.15. The SMILES string of the molecule is CCCC1CC(C)C(=O)/C=C/C(C)=C/[C@H](C)[C@@H](CC)CC(=O)CC(S)[C@H](C)C1. The first-order valence-corrected chi connectivity index (χ1v) is 11.8. The predicted octanol–water partition coefficient (Wildman–Crippen LogP) is 6.85. The molecule has 0 aliphatic heterocycles. The Hall–Kier alpha value is -0.830. The Morgan fingerprint density at radius 2 is 1.71 bits per heavy atom. The van der Waals surface area contributed by atoms with E-state index >= 15 is 0 Å². The van der Waals surface area contributed by atoms with Gasteiger partial charge in [-0.1, -0.05) is 71.6 Å². The summed E-state index contributed by atoms with van der Waals surface area (Å²) >= 11 is 4.80. The number of Topliss-reactive ketones (excluding diaryl/α,β-unsaturated/α-hetero) is 1. The fourth-order valence-corrected chi connectivity index (χ4v) is 4.86. The van der Waals surface area contributed by atoms with Crippen molar-refractivity contribution in [3.63, 3.8) is 0 Å². The van der Waals surface area contributed by atoms with Crippen LogP contribution < -0.4 is 0 Å². The quantitative estimate of drug-likeness (QED) is 0.520. The number of hydrogen-bond donors (Lipinski definition) is 1. The standard InChI is InChI=1S/C25H42O2S/c1-7-9-21-13-19(5)24(27)11-10-17(3)12-18(4)22(8-2)15-23(26)16-25(28)20(6)14-21/h10-12,18-22,25,28H,7-9,13-16H2,1-6H3/b11-10+,17-12+/t18-,19?,20+,21?,22-,25?/m0/s1. The van der Waals surface area contributed by atoms with Crippen molar-refractivity contribution < 1.29 is 9.59 Å². The van der Waals surface area contributed by atoms with Gasteiger partial charge in [-0.25, -0.2) is 0 Å². The van der Waals surface area contributed by atoms with Crippen molar-refractivity contribution in [2.24, 2.45) is 29.6 Å². The highest BCUT2D eigenvalue weighted by Crippen LogP contribution is 2.31. The van der Waals surface area contributed by atoms with Crippen LogP contribution in [0.25, 0.3) is 0 Å². The number of hydrogen-bond acceptors (Lipinski definition) is 3. The molecule has 1 aliphatic rings. The molecule has 160 valence electrons. The number of rotatable bonds is 3. The van der Waals surface area contributed by atoms with Crippen LogP contribution in [0.15, 0.2) is 23.8 Å². The zero-order chi connectivity index (χ0) is 21.3. The third kappa shape index (κ3) is 8.68. The third-order valence-electron chi connectivity index (χ3n) is 6.46. The van der Waals surface area contributed by atoms with Crippen molar-refractivity contribution >= 4 is 24.2 Å². The van der Waals surface area contributed by atoms with Gasteiger partial charge in [-0.05, 0) is 49.5 Å². The maximum absolute atomic E-state index is 12.7. The van der Waals surface area contributed by atoms with E-state index in [2.05, 4.69) is 40.7 Å². The van der Waals surface area contributed by atoms with Gasteiger partial charge >= 0.3 is 0 Å². The Morgan fingerprint density at radius 1 is 1.04 bits per heavy atom. The van der Waals surface area contributed by atoms with Gasteiger partial charge in [0, 0.05) is 24.0 Å². The Balaban J connectivity index is 3.10. The molecule has 3 heteroatoms. The minimum Gasteiger partial charge on any atom is -0.300 e.